The summed E-state index contributed by atoms with van der Waals surface area (Å²) in [5, 5.41) is 0. The zero-order chi connectivity index (χ0) is 10.5. The summed E-state index contributed by atoms with van der Waals surface area (Å²) in [7, 11) is -1.83. The summed E-state index contributed by atoms with van der Waals surface area (Å²) in [6, 6.07) is 1.97. The Bertz CT molecular complexity index is 183. The molecule has 0 N–H and O–H groups in total. The van der Waals surface area contributed by atoms with E-state index in [1.54, 1.807) is 0 Å². The van der Waals surface area contributed by atoms with E-state index >= 15 is 0 Å². The minimum absolute atomic E-state index is 0.260. The third-order valence-electron chi connectivity index (χ3n) is 2.72. The van der Waals surface area contributed by atoms with Gasteiger partial charge in [0, 0.05) is 6.08 Å². The van der Waals surface area contributed by atoms with Crippen LogP contribution < -0.4 is 0 Å². The molecule has 0 aromatic carbocycles. The summed E-state index contributed by atoms with van der Waals surface area (Å²) in [6.45, 7) is 11.9. The molecular weight excluding hydrogens is 180 g/mol. The summed E-state index contributed by atoms with van der Waals surface area (Å²) in [6.07, 6.45) is 1.26. The van der Waals surface area contributed by atoms with Crippen molar-refractivity contribution in [2.24, 2.45) is 0 Å². The second kappa shape index (κ2) is 5.22. The topological polar surface area (TPSA) is 26.3 Å². The van der Waals surface area contributed by atoms with Gasteiger partial charge in [0.15, 0.2) is 0 Å². The fourth-order valence-corrected chi connectivity index (χ4v) is 4.71. The highest BCUT2D eigenvalue weighted by Crippen LogP contribution is 2.30. The molecule has 13 heavy (non-hydrogen) atoms. The second-order valence-corrected chi connectivity index (χ2v) is 8.45. The Morgan fingerprint density at radius 3 is 2.15 bits per heavy atom. The fourth-order valence-electron chi connectivity index (χ4n) is 1.57. The van der Waals surface area contributed by atoms with Crippen LogP contribution in [0.1, 0.15) is 27.7 Å². The summed E-state index contributed by atoms with van der Waals surface area (Å²) >= 11 is 0. The molecule has 0 aliphatic rings. The molecule has 0 aliphatic carbocycles. The first kappa shape index (κ1) is 12.4. The minimum atomic E-state index is -1.83. The van der Waals surface area contributed by atoms with Gasteiger partial charge in [-0.15, -0.1) is 0 Å². The minimum Gasteiger partial charge on any atom is -0.516 e. The van der Waals surface area contributed by atoms with Gasteiger partial charge in [0.25, 0.3) is 8.32 Å². The van der Waals surface area contributed by atoms with Gasteiger partial charge in [-0.1, -0.05) is 34.3 Å². The summed E-state index contributed by atoms with van der Waals surface area (Å²) in [5.74, 6) is -0.260. The molecular formula is C10H20O2Si. The van der Waals surface area contributed by atoms with Crippen molar-refractivity contribution in [1.82, 2.24) is 0 Å². The SMILES string of the molecule is C=CC(=O)O[Si](CC)(CC)C(C)C. The second-order valence-electron chi connectivity index (χ2n) is 3.55. The van der Waals surface area contributed by atoms with Crippen LogP contribution in [0.5, 0.6) is 0 Å². The monoisotopic (exact) mass is 200 g/mol. The van der Waals surface area contributed by atoms with Crippen LogP contribution in [0, 0.1) is 0 Å². The Morgan fingerprint density at radius 2 is 1.92 bits per heavy atom. The predicted octanol–water partition coefficient (Wildman–Crippen LogP) is 3.11. The molecule has 2 nitrogen and oxygen atoms in total. The van der Waals surface area contributed by atoms with Crippen molar-refractivity contribution in [2.45, 2.75) is 45.3 Å². The standard InChI is InChI=1S/C10H20O2Si/c1-6-10(11)12-13(7-2,8-3)9(4)5/h6,9H,1,7-8H2,2-5H3. The Kier molecular flexibility index (Phi) is 4.99. The molecule has 3 heteroatoms. The van der Waals surface area contributed by atoms with Crippen LogP contribution in [0.25, 0.3) is 0 Å². The fraction of sp³-hybridized carbons (Fsp3) is 0.700. The molecule has 76 valence electrons. The number of hydrogen-bond donors (Lipinski definition) is 0. The molecule has 0 aliphatic heterocycles. The van der Waals surface area contributed by atoms with Crippen LogP contribution in [0.3, 0.4) is 0 Å². The molecule has 0 fully saturated rings. The van der Waals surface area contributed by atoms with Crippen molar-refractivity contribution in [3.8, 4) is 0 Å². The van der Waals surface area contributed by atoms with Gasteiger partial charge in [0.05, 0.1) is 0 Å². The summed E-state index contributed by atoms with van der Waals surface area (Å²) in [4.78, 5) is 11.1. The lowest BCUT2D eigenvalue weighted by Gasteiger charge is -2.31. The molecule has 0 spiro atoms. The molecule has 0 aromatic rings. The van der Waals surface area contributed by atoms with Crippen molar-refractivity contribution in [2.75, 3.05) is 0 Å². The maximum absolute atomic E-state index is 11.1. The zero-order valence-electron chi connectivity index (χ0n) is 9.09. The van der Waals surface area contributed by atoms with Crippen molar-refractivity contribution >= 4 is 14.3 Å². The van der Waals surface area contributed by atoms with Gasteiger partial charge in [0.2, 0.25) is 0 Å². The van der Waals surface area contributed by atoms with E-state index < -0.39 is 8.32 Å². The van der Waals surface area contributed by atoms with Gasteiger partial charge in [-0.25, -0.2) is 4.79 Å². The first-order valence-corrected chi connectivity index (χ1v) is 7.27. The first-order chi connectivity index (χ1) is 6.02. The van der Waals surface area contributed by atoms with Crippen LogP contribution in [-0.4, -0.2) is 14.3 Å². The number of carbonyl (C=O) groups excluding carboxylic acids is 1. The number of hydrogen-bond acceptors (Lipinski definition) is 2. The van der Waals surface area contributed by atoms with Crippen LogP contribution in [-0.2, 0) is 9.22 Å². The van der Waals surface area contributed by atoms with Crippen molar-refractivity contribution in [3.63, 3.8) is 0 Å². The maximum Gasteiger partial charge on any atom is 0.316 e. The van der Waals surface area contributed by atoms with Gasteiger partial charge < -0.3 is 4.43 Å². The van der Waals surface area contributed by atoms with Crippen LogP contribution in [0.4, 0.5) is 0 Å². The van der Waals surface area contributed by atoms with Crippen LogP contribution in [0.15, 0.2) is 12.7 Å². The maximum atomic E-state index is 11.1. The van der Waals surface area contributed by atoms with E-state index in [-0.39, 0.29) is 5.97 Å². The molecule has 0 aromatic heterocycles. The molecule has 0 rings (SSSR count). The quantitative estimate of drug-likeness (QED) is 0.503. The van der Waals surface area contributed by atoms with E-state index in [1.165, 1.54) is 6.08 Å². The van der Waals surface area contributed by atoms with E-state index in [4.69, 9.17) is 4.43 Å². The molecule has 0 saturated carbocycles. The normalized spacial score (nSPS) is 11.5. The summed E-state index contributed by atoms with van der Waals surface area (Å²) in [5.41, 5.74) is 0.478. The molecule has 0 heterocycles. The van der Waals surface area contributed by atoms with Gasteiger partial charge in [-0.2, -0.15) is 0 Å². The largest absolute Gasteiger partial charge is 0.516 e. The lowest BCUT2D eigenvalue weighted by Crippen LogP contribution is -2.41. The number of rotatable bonds is 5. The Balaban J connectivity index is 4.57. The Morgan fingerprint density at radius 1 is 1.46 bits per heavy atom. The third-order valence-corrected chi connectivity index (χ3v) is 7.83. The van der Waals surface area contributed by atoms with Crippen molar-refractivity contribution in [3.05, 3.63) is 12.7 Å². The molecule has 0 unspecified atom stereocenters. The smallest absolute Gasteiger partial charge is 0.316 e. The predicted molar refractivity (Wildman–Crippen MR) is 58.1 cm³/mol. The average molecular weight is 200 g/mol. The first-order valence-electron chi connectivity index (χ1n) is 4.87. The van der Waals surface area contributed by atoms with Gasteiger partial charge in [-0.3, -0.25) is 0 Å². The van der Waals surface area contributed by atoms with Gasteiger partial charge in [-0.05, 0) is 17.6 Å². The summed E-state index contributed by atoms with van der Waals surface area (Å²) < 4.78 is 5.53. The molecule has 0 saturated heterocycles. The zero-order valence-corrected chi connectivity index (χ0v) is 10.1. The lowest BCUT2D eigenvalue weighted by atomic mass is 10.6. The van der Waals surface area contributed by atoms with E-state index in [9.17, 15) is 4.79 Å². The Labute approximate surface area is 82.1 Å². The Hall–Kier alpha value is -0.573. The molecule has 0 radical (unpaired) electrons. The van der Waals surface area contributed by atoms with E-state index in [2.05, 4.69) is 34.3 Å². The molecule has 0 bridgehead atoms. The van der Waals surface area contributed by atoms with Crippen molar-refractivity contribution < 1.29 is 9.22 Å². The third kappa shape index (κ3) is 2.99. The molecule has 0 amide bonds. The van der Waals surface area contributed by atoms with E-state index in [0.29, 0.717) is 5.54 Å². The molecule has 0 atom stereocenters. The highest BCUT2D eigenvalue weighted by Gasteiger charge is 2.37. The average Bonchev–Trinajstić information content (AvgIpc) is 2.13. The van der Waals surface area contributed by atoms with Crippen LogP contribution >= 0.6 is 0 Å². The van der Waals surface area contributed by atoms with E-state index in [0.717, 1.165) is 12.1 Å². The van der Waals surface area contributed by atoms with Gasteiger partial charge in [0.1, 0.15) is 0 Å². The highest BCUT2D eigenvalue weighted by molar-refractivity contribution is 6.76. The number of carbonyl (C=O) groups is 1. The highest BCUT2D eigenvalue weighted by atomic mass is 28.4. The van der Waals surface area contributed by atoms with Crippen molar-refractivity contribution in [1.29, 1.82) is 0 Å². The van der Waals surface area contributed by atoms with Crippen LogP contribution in [0.2, 0.25) is 17.6 Å². The lowest BCUT2D eigenvalue weighted by molar-refractivity contribution is -0.130. The van der Waals surface area contributed by atoms with E-state index in [1.807, 2.05) is 0 Å². The van der Waals surface area contributed by atoms with Gasteiger partial charge >= 0.3 is 5.97 Å².